The lowest BCUT2D eigenvalue weighted by Crippen LogP contribution is -2.44. The Balaban J connectivity index is 1.43. The van der Waals surface area contributed by atoms with Crippen LogP contribution in [0, 0.1) is 6.92 Å². The number of anilines is 2. The van der Waals surface area contributed by atoms with Crippen LogP contribution in [0.3, 0.4) is 0 Å². The van der Waals surface area contributed by atoms with E-state index in [2.05, 4.69) is 20.6 Å². The lowest BCUT2D eigenvalue weighted by atomic mass is 10.0. The molecule has 39 heavy (non-hydrogen) atoms. The van der Waals surface area contributed by atoms with Crippen molar-refractivity contribution < 1.29 is 19.0 Å². The highest BCUT2D eigenvalue weighted by Crippen LogP contribution is 2.38. The molecule has 1 atom stereocenters. The number of hydrogen-bond acceptors (Lipinski definition) is 7. The number of nitrogens with zero attached hydrogens (tertiary/aromatic N) is 4. The van der Waals surface area contributed by atoms with Crippen molar-refractivity contribution in [2.24, 2.45) is 0 Å². The predicted molar refractivity (Wildman–Crippen MR) is 149 cm³/mol. The Hall–Kier alpha value is -4.47. The third-order valence-corrected chi connectivity index (χ3v) is 6.76. The van der Waals surface area contributed by atoms with E-state index in [1.165, 1.54) is 4.90 Å². The van der Waals surface area contributed by atoms with Crippen LogP contribution in [0.1, 0.15) is 24.8 Å². The molecule has 1 fully saturated rings. The van der Waals surface area contributed by atoms with E-state index in [0.29, 0.717) is 54.9 Å². The molecule has 1 amide bonds. The van der Waals surface area contributed by atoms with E-state index in [-0.39, 0.29) is 12.7 Å². The van der Waals surface area contributed by atoms with Crippen molar-refractivity contribution in [2.45, 2.75) is 32.2 Å². The van der Waals surface area contributed by atoms with Crippen molar-refractivity contribution in [2.75, 3.05) is 36.9 Å². The standard InChI is InChI=1S/C29H31FN6O3/c1-19-10-11-21-22(7-2-9-24(21)31-15-5-13-30)26(19)39-27-23(8-3-14-32-27)25-12-16-33-28(35-25)34-20-6-4-17-36(18-20)29(37)38/h2-3,7-12,14,16,20,31H,4-6,13,15,17-18H2,1H3,(H,37,38)(H,33,34,35)/t20-/m0/s1. The lowest BCUT2D eigenvalue weighted by molar-refractivity contribution is 0.132. The van der Waals surface area contributed by atoms with Gasteiger partial charge in [0.25, 0.3) is 0 Å². The molecule has 5 rings (SSSR count). The Bertz CT molecular complexity index is 1470. The highest BCUT2D eigenvalue weighted by Gasteiger charge is 2.24. The summed E-state index contributed by atoms with van der Waals surface area (Å²) in [5, 5.41) is 17.8. The molecule has 2 aromatic heterocycles. The SMILES string of the molecule is Cc1ccc2c(NCCCF)cccc2c1Oc1ncccc1-c1ccnc(N[C@H]2CCCN(C(=O)O)C2)n1. The second kappa shape index (κ2) is 11.9. The number of halogens is 1. The van der Waals surface area contributed by atoms with Gasteiger partial charge in [0.05, 0.1) is 17.9 Å². The summed E-state index contributed by atoms with van der Waals surface area (Å²) in [7, 11) is 0. The maximum Gasteiger partial charge on any atom is 0.407 e. The number of benzene rings is 2. The first-order chi connectivity index (χ1) is 19.0. The van der Waals surface area contributed by atoms with Crippen LogP contribution >= 0.6 is 0 Å². The largest absolute Gasteiger partial charge is 0.465 e. The molecule has 202 valence electrons. The summed E-state index contributed by atoms with van der Waals surface area (Å²) >= 11 is 0. The van der Waals surface area contributed by atoms with Crippen LogP contribution < -0.4 is 15.4 Å². The average Bonchev–Trinajstić information content (AvgIpc) is 2.95. The molecule has 0 unspecified atom stereocenters. The van der Waals surface area contributed by atoms with Crippen molar-refractivity contribution in [3.05, 3.63) is 66.5 Å². The number of rotatable bonds is 9. The minimum Gasteiger partial charge on any atom is -0.465 e. The molecule has 2 aromatic carbocycles. The molecule has 1 aliphatic heterocycles. The molecule has 1 aliphatic rings. The summed E-state index contributed by atoms with van der Waals surface area (Å²) in [5.74, 6) is 1.51. The topological polar surface area (TPSA) is 112 Å². The Kier molecular flexibility index (Phi) is 8.00. The third-order valence-electron chi connectivity index (χ3n) is 6.76. The van der Waals surface area contributed by atoms with E-state index < -0.39 is 6.09 Å². The van der Waals surface area contributed by atoms with Gasteiger partial charge in [-0.3, -0.25) is 4.39 Å². The van der Waals surface area contributed by atoms with Gasteiger partial charge in [0, 0.05) is 54.5 Å². The van der Waals surface area contributed by atoms with Gasteiger partial charge >= 0.3 is 6.09 Å². The monoisotopic (exact) mass is 530 g/mol. The molecule has 4 aromatic rings. The molecule has 0 aliphatic carbocycles. The second-order valence-electron chi connectivity index (χ2n) is 9.52. The molecular weight excluding hydrogens is 499 g/mol. The minimum atomic E-state index is -0.917. The molecule has 0 bridgehead atoms. The first-order valence-electron chi connectivity index (χ1n) is 13.1. The number of pyridine rings is 1. The van der Waals surface area contributed by atoms with Gasteiger partial charge in [-0.05, 0) is 56.0 Å². The van der Waals surface area contributed by atoms with Gasteiger partial charge in [-0.2, -0.15) is 0 Å². The van der Waals surface area contributed by atoms with Crippen molar-refractivity contribution in [3.63, 3.8) is 0 Å². The van der Waals surface area contributed by atoms with Crippen LogP contribution in [0.4, 0.5) is 20.8 Å². The van der Waals surface area contributed by atoms with Crippen LogP contribution in [0.25, 0.3) is 22.0 Å². The Morgan fingerprint density at radius 2 is 2.03 bits per heavy atom. The molecule has 0 spiro atoms. The van der Waals surface area contributed by atoms with Crippen LogP contribution in [-0.4, -0.2) is 63.4 Å². The average molecular weight is 531 g/mol. The number of carboxylic acid groups (broad SMARTS) is 1. The maximum absolute atomic E-state index is 12.6. The second-order valence-corrected chi connectivity index (χ2v) is 9.52. The fraction of sp³-hybridized carbons (Fsp3) is 0.310. The fourth-order valence-electron chi connectivity index (χ4n) is 4.81. The zero-order valence-corrected chi connectivity index (χ0v) is 21.7. The van der Waals surface area contributed by atoms with Crippen molar-refractivity contribution in [1.82, 2.24) is 19.9 Å². The number of aryl methyl sites for hydroxylation is 1. The van der Waals surface area contributed by atoms with E-state index in [4.69, 9.17) is 9.72 Å². The summed E-state index contributed by atoms with van der Waals surface area (Å²) in [5.41, 5.74) is 3.20. The molecule has 1 saturated heterocycles. The summed E-state index contributed by atoms with van der Waals surface area (Å²) in [6.45, 7) is 3.08. The van der Waals surface area contributed by atoms with Gasteiger partial charge < -0.3 is 25.4 Å². The number of carbonyl (C=O) groups is 1. The van der Waals surface area contributed by atoms with Crippen molar-refractivity contribution >= 4 is 28.5 Å². The molecular formula is C29H31FN6O3. The van der Waals surface area contributed by atoms with Gasteiger partial charge in [-0.15, -0.1) is 0 Å². The number of nitrogens with one attached hydrogen (secondary N) is 2. The van der Waals surface area contributed by atoms with Crippen LogP contribution in [0.5, 0.6) is 11.6 Å². The fourth-order valence-corrected chi connectivity index (χ4v) is 4.81. The minimum absolute atomic E-state index is 0.0687. The first kappa shape index (κ1) is 26.1. The zero-order chi connectivity index (χ0) is 27.2. The summed E-state index contributed by atoms with van der Waals surface area (Å²) in [4.78, 5) is 26.4. The molecule has 3 N–H and O–H groups in total. The van der Waals surface area contributed by atoms with Gasteiger partial charge in [-0.1, -0.05) is 24.3 Å². The molecule has 3 heterocycles. The third kappa shape index (κ3) is 6.00. The first-order valence-corrected chi connectivity index (χ1v) is 13.1. The Labute approximate surface area is 226 Å². The number of amides is 1. The van der Waals surface area contributed by atoms with Gasteiger partial charge in [0.2, 0.25) is 11.8 Å². The van der Waals surface area contributed by atoms with Crippen LogP contribution in [-0.2, 0) is 0 Å². The molecule has 0 radical (unpaired) electrons. The van der Waals surface area contributed by atoms with E-state index in [1.54, 1.807) is 18.5 Å². The Morgan fingerprint density at radius 1 is 1.13 bits per heavy atom. The smallest absolute Gasteiger partial charge is 0.407 e. The zero-order valence-electron chi connectivity index (χ0n) is 21.7. The quantitative estimate of drug-likeness (QED) is 0.222. The number of aromatic nitrogens is 3. The van der Waals surface area contributed by atoms with Crippen LogP contribution in [0.2, 0.25) is 0 Å². The van der Waals surface area contributed by atoms with Crippen molar-refractivity contribution in [1.29, 1.82) is 0 Å². The summed E-state index contributed by atoms with van der Waals surface area (Å²) in [6.07, 6.45) is 4.48. The van der Waals surface area contributed by atoms with E-state index in [9.17, 15) is 14.3 Å². The molecule has 0 saturated carbocycles. The number of fused-ring (bicyclic) bond motifs is 1. The van der Waals surface area contributed by atoms with Gasteiger partial charge in [0.1, 0.15) is 5.75 Å². The normalized spacial score (nSPS) is 15.2. The van der Waals surface area contributed by atoms with E-state index >= 15 is 0 Å². The van der Waals surface area contributed by atoms with E-state index in [0.717, 1.165) is 34.9 Å². The highest BCUT2D eigenvalue weighted by atomic mass is 19.1. The number of hydrogen-bond donors (Lipinski definition) is 3. The molecule has 9 nitrogen and oxygen atoms in total. The number of ether oxygens (including phenoxy) is 1. The lowest BCUT2D eigenvalue weighted by Gasteiger charge is -2.31. The summed E-state index contributed by atoms with van der Waals surface area (Å²) in [6, 6.07) is 15.4. The predicted octanol–water partition coefficient (Wildman–Crippen LogP) is 6.12. The summed E-state index contributed by atoms with van der Waals surface area (Å²) < 4.78 is 19.1. The number of alkyl halides is 1. The maximum atomic E-state index is 12.6. The Morgan fingerprint density at radius 3 is 2.87 bits per heavy atom. The van der Waals surface area contributed by atoms with Gasteiger partial charge in [0.15, 0.2) is 0 Å². The highest BCUT2D eigenvalue weighted by molar-refractivity contribution is 5.98. The number of likely N-dealkylation sites (tertiary alicyclic amines) is 1. The van der Waals surface area contributed by atoms with Gasteiger partial charge in [-0.25, -0.2) is 19.7 Å². The van der Waals surface area contributed by atoms with Crippen molar-refractivity contribution in [3.8, 4) is 22.9 Å². The van der Waals surface area contributed by atoms with Crippen LogP contribution in [0.15, 0.2) is 60.9 Å². The molecule has 10 heteroatoms. The number of piperidine rings is 1. The van der Waals surface area contributed by atoms with E-state index in [1.807, 2.05) is 49.4 Å².